The normalized spacial score (nSPS) is 38.4. The molecular formula is C22H36O4. The molecule has 3 fully saturated rings. The van der Waals surface area contributed by atoms with E-state index in [1.807, 2.05) is 0 Å². The lowest BCUT2D eigenvalue weighted by Crippen LogP contribution is -2.34. The van der Waals surface area contributed by atoms with Crippen molar-refractivity contribution in [2.75, 3.05) is 0 Å². The van der Waals surface area contributed by atoms with Gasteiger partial charge in [-0.05, 0) is 88.9 Å². The largest absolute Gasteiger partial charge is 0.462 e. The fourth-order valence-corrected chi connectivity index (χ4v) is 4.78. The van der Waals surface area contributed by atoms with Crippen molar-refractivity contribution >= 4 is 11.9 Å². The van der Waals surface area contributed by atoms with E-state index in [0.29, 0.717) is 0 Å². The van der Waals surface area contributed by atoms with Crippen molar-refractivity contribution in [3.63, 3.8) is 0 Å². The molecule has 0 heterocycles. The number of hydrogen-bond acceptors (Lipinski definition) is 4. The van der Waals surface area contributed by atoms with Crippen LogP contribution in [-0.2, 0) is 19.1 Å². The fourth-order valence-electron chi connectivity index (χ4n) is 4.78. The quantitative estimate of drug-likeness (QED) is 0.656. The van der Waals surface area contributed by atoms with Crippen molar-refractivity contribution in [2.45, 2.75) is 103 Å². The standard InChI is InChI=1S/C22H36O4/c1-15-3-7-17(8-4-15)21(23)25-19-11-13-20(14-12-19)26-22(24)18-9-5-16(2)6-10-18/h15-20H,3-14H2,1-2H3/t15-,16?,17+,18?,19?,20?. The van der Waals surface area contributed by atoms with Gasteiger partial charge >= 0.3 is 11.9 Å². The molecule has 3 rings (SSSR count). The molecule has 0 radical (unpaired) electrons. The van der Waals surface area contributed by atoms with Crippen LogP contribution in [0, 0.1) is 23.7 Å². The van der Waals surface area contributed by atoms with Crippen LogP contribution in [0.5, 0.6) is 0 Å². The number of rotatable bonds is 4. The summed E-state index contributed by atoms with van der Waals surface area (Å²) in [5.41, 5.74) is 0. The molecule has 0 aromatic rings. The molecule has 148 valence electrons. The van der Waals surface area contributed by atoms with Crippen molar-refractivity contribution in [2.24, 2.45) is 23.7 Å². The minimum Gasteiger partial charge on any atom is -0.462 e. The van der Waals surface area contributed by atoms with Crippen LogP contribution in [0.2, 0.25) is 0 Å². The molecule has 4 heteroatoms. The maximum Gasteiger partial charge on any atom is 0.309 e. The monoisotopic (exact) mass is 364 g/mol. The fraction of sp³-hybridized carbons (Fsp3) is 0.909. The second-order valence-electron chi connectivity index (χ2n) is 9.19. The summed E-state index contributed by atoms with van der Waals surface area (Å²) < 4.78 is 11.5. The molecule has 0 spiro atoms. The first-order chi connectivity index (χ1) is 12.5. The van der Waals surface area contributed by atoms with E-state index in [-0.39, 0.29) is 36.0 Å². The number of carbonyl (C=O) groups is 2. The molecule has 3 aliphatic carbocycles. The van der Waals surface area contributed by atoms with E-state index < -0.39 is 0 Å². The van der Waals surface area contributed by atoms with E-state index in [1.54, 1.807) is 0 Å². The van der Waals surface area contributed by atoms with Crippen LogP contribution >= 0.6 is 0 Å². The molecule has 0 aromatic heterocycles. The molecule has 3 aliphatic rings. The first-order valence-corrected chi connectivity index (χ1v) is 10.9. The summed E-state index contributed by atoms with van der Waals surface area (Å²) in [6.45, 7) is 4.52. The summed E-state index contributed by atoms with van der Waals surface area (Å²) >= 11 is 0. The minimum atomic E-state index is 0.00803. The molecule has 4 nitrogen and oxygen atoms in total. The second-order valence-corrected chi connectivity index (χ2v) is 9.19. The van der Waals surface area contributed by atoms with Crippen LogP contribution in [0.3, 0.4) is 0 Å². The van der Waals surface area contributed by atoms with Gasteiger partial charge in [-0.1, -0.05) is 13.8 Å². The average Bonchev–Trinajstić information content (AvgIpc) is 2.64. The third kappa shape index (κ3) is 5.47. The molecule has 0 aliphatic heterocycles. The Kier molecular flexibility index (Phi) is 6.99. The summed E-state index contributed by atoms with van der Waals surface area (Å²) in [7, 11) is 0. The van der Waals surface area contributed by atoms with Gasteiger partial charge < -0.3 is 9.47 Å². The van der Waals surface area contributed by atoms with Crippen LogP contribution in [0.4, 0.5) is 0 Å². The van der Waals surface area contributed by atoms with E-state index in [2.05, 4.69) is 13.8 Å². The lowest BCUT2D eigenvalue weighted by atomic mass is 9.83. The highest BCUT2D eigenvalue weighted by Crippen LogP contribution is 2.33. The number of ether oxygens (including phenoxy) is 2. The summed E-state index contributed by atoms with van der Waals surface area (Å²) in [5.74, 6) is 1.72. The van der Waals surface area contributed by atoms with Crippen LogP contribution in [0.25, 0.3) is 0 Å². The van der Waals surface area contributed by atoms with E-state index in [9.17, 15) is 9.59 Å². The minimum absolute atomic E-state index is 0.00803. The maximum absolute atomic E-state index is 12.4. The third-order valence-corrected chi connectivity index (χ3v) is 6.89. The summed E-state index contributed by atoms with van der Waals surface area (Å²) in [4.78, 5) is 24.7. The molecule has 0 aromatic carbocycles. The maximum atomic E-state index is 12.4. The molecule has 0 N–H and O–H groups in total. The van der Waals surface area contributed by atoms with Crippen molar-refractivity contribution in [1.82, 2.24) is 0 Å². The van der Waals surface area contributed by atoms with Crippen LogP contribution in [0.1, 0.15) is 90.9 Å². The Morgan fingerprint density at radius 3 is 1.15 bits per heavy atom. The Hall–Kier alpha value is -1.06. The van der Waals surface area contributed by atoms with Gasteiger partial charge in [0.2, 0.25) is 0 Å². The lowest BCUT2D eigenvalue weighted by molar-refractivity contribution is -0.164. The SMILES string of the molecule is CC1CCC(C(=O)OC2CCC(OC(=O)[C@H]3CC[C@@H](C)CC3)CC2)CC1. The molecule has 26 heavy (non-hydrogen) atoms. The topological polar surface area (TPSA) is 52.6 Å². The van der Waals surface area contributed by atoms with Gasteiger partial charge in [-0.3, -0.25) is 9.59 Å². The third-order valence-electron chi connectivity index (χ3n) is 6.89. The number of esters is 2. The Morgan fingerprint density at radius 2 is 0.846 bits per heavy atom. The molecule has 3 saturated carbocycles. The Bertz CT molecular complexity index is 421. The van der Waals surface area contributed by atoms with Gasteiger partial charge in [-0.2, -0.15) is 0 Å². The smallest absolute Gasteiger partial charge is 0.309 e. The van der Waals surface area contributed by atoms with Crippen LogP contribution < -0.4 is 0 Å². The molecular weight excluding hydrogens is 328 g/mol. The van der Waals surface area contributed by atoms with Gasteiger partial charge in [0.15, 0.2) is 0 Å². The van der Waals surface area contributed by atoms with Crippen molar-refractivity contribution in [1.29, 1.82) is 0 Å². The first-order valence-electron chi connectivity index (χ1n) is 10.9. The Balaban J connectivity index is 1.35. The van der Waals surface area contributed by atoms with Crippen molar-refractivity contribution in [3.8, 4) is 0 Å². The lowest BCUT2D eigenvalue weighted by Gasteiger charge is -2.32. The highest BCUT2D eigenvalue weighted by Gasteiger charge is 2.32. The molecule has 0 atom stereocenters. The predicted octanol–water partition coefficient (Wildman–Crippen LogP) is 5.04. The van der Waals surface area contributed by atoms with Crippen molar-refractivity contribution in [3.05, 3.63) is 0 Å². The van der Waals surface area contributed by atoms with Gasteiger partial charge in [0.25, 0.3) is 0 Å². The van der Waals surface area contributed by atoms with E-state index >= 15 is 0 Å². The van der Waals surface area contributed by atoms with E-state index in [1.165, 1.54) is 0 Å². The summed E-state index contributed by atoms with van der Waals surface area (Å²) in [5, 5.41) is 0. The van der Waals surface area contributed by atoms with Gasteiger partial charge in [-0.25, -0.2) is 0 Å². The molecule has 0 bridgehead atoms. The van der Waals surface area contributed by atoms with Gasteiger partial charge in [0.1, 0.15) is 12.2 Å². The molecule has 0 unspecified atom stereocenters. The zero-order valence-electron chi connectivity index (χ0n) is 16.6. The predicted molar refractivity (Wildman–Crippen MR) is 100 cm³/mol. The molecule has 0 amide bonds. The van der Waals surface area contributed by atoms with Gasteiger partial charge in [0, 0.05) is 0 Å². The van der Waals surface area contributed by atoms with E-state index in [4.69, 9.17) is 9.47 Å². The zero-order chi connectivity index (χ0) is 18.5. The highest BCUT2D eigenvalue weighted by molar-refractivity contribution is 5.73. The average molecular weight is 365 g/mol. The summed E-state index contributed by atoms with van der Waals surface area (Å²) in [6.07, 6.45) is 11.8. The van der Waals surface area contributed by atoms with Crippen molar-refractivity contribution < 1.29 is 19.1 Å². The highest BCUT2D eigenvalue weighted by atomic mass is 16.6. The van der Waals surface area contributed by atoms with Crippen LogP contribution in [-0.4, -0.2) is 24.1 Å². The zero-order valence-corrected chi connectivity index (χ0v) is 16.6. The Morgan fingerprint density at radius 1 is 0.538 bits per heavy atom. The van der Waals surface area contributed by atoms with Gasteiger partial charge in [0.05, 0.1) is 11.8 Å². The number of hydrogen-bond donors (Lipinski definition) is 0. The first kappa shape index (κ1) is 19.7. The molecule has 0 saturated heterocycles. The second kappa shape index (κ2) is 9.23. The number of carbonyl (C=O) groups excluding carboxylic acids is 2. The van der Waals surface area contributed by atoms with E-state index in [0.717, 1.165) is 88.9 Å². The summed E-state index contributed by atoms with van der Waals surface area (Å²) in [6, 6.07) is 0. The van der Waals surface area contributed by atoms with Crippen LogP contribution in [0.15, 0.2) is 0 Å². The van der Waals surface area contributed by atoms with Gasteiger partial charge in [-0.15, -0.1) is 0 Å². The Labute approximate surface area is 158 Å².